The minimum atomic E-state index is -0.548. The number of morpholine rings is 1. The molecule has 6 heteroatoms. The van der Waals surface area contributed by atoms with Crippen molar-refractivity contribution in [3.05, 3.63) is 24.3 Å². The van der Waals surface area contributed by atoms with Gasteiger partial charge in [-0.2, -0.15) is 0 Å². The molecular formula is C20H32N2O4. The Hall–Kier alpha value is -1.79. The summed E-state index contributed by atoms with van der Waals surface area (Å²) in [5.74, 6) is 1.90. The molecule has 1 amide bonds. The SMILES string of the molecule is COc1ccc(OC(C)C(=O)NCC(CC(C)C)N2CCOCC2)cc1. The number of nitrogens with one attached hydrogen (secondary N) is 1. The molecular weight excluding hydrogens is 332 g/mol. The molecule has 0 bridgehead atoms. The molecule has 146 valence electrons. The molecule has 6 nitrogen and oxygen atoms in total. The summed E-state index contributed by atoms with van der Waals surface area (Å²) in [6, 6.07) is 7.57. The third kappa shape index (κ3) is 6.50. The van der Waals surface area contributed by atoms with E-state index in [1.165, 1.54) is 0 Å². The van der Waals surface area contributed by atoms with Crippen LogP contribution in [-0.2, 0) is 9.53 Å². The molecule has 2 unspecified atom stereocenters. The predicted octanol–water partition coefficient (Wildman–Crippen LogP) is 2.33. The van der Waals surface area contributed by atoms with Gasteiger partial charge in [0, 0.05) is 25.7 Å². The summed E-state index contributed by atoms with van der Waals surface area (Å²) in [7, 11) is 1.62. The molecule has 1 N–H and O–H groups in total. The fourth-order valence-corrected chi connectivity index (χ4v) is 3.12. The summed E-state index contributed by atoms with van der Waals surface area (Å²) in [5.41, 5.74) is 0. The Labute approximate surface area is 156 Å². The van der Waals surface area contributed by atoms with Crippen LogP contribution in [0.25, 0.3) is 0 Å². The number of hydrogen-bond donors (Lipinski definition) is 1. The lowest BCUT2D eigenvalue weighted by Gasteiger charge is -2.35. The second-order valence-corrected chi connectivity index (χ2v) is 7.11. The molecule has 1 aromatic carbocycles. The lowest BCUT2D eigenvalue weighted by molar-refractivity contribution is -0.127. The van der Waals surface area contributed by atoms with Crippen molar-refractivity contribution >= 4 is 5.91 Å². The van der Waals surface area contributed by atoms with E-state index in [1.54, 1.807) is 26.2 Å². The molecule has 0 saturated carbocycles. The van der Waals surface area contributed by atoms with Gasteiger partial charge in [0.25, 0.3) is 5.91 Å². The number of carbonyl (C=O) groups is 1. The molecule has 2 atom stereocenters. The molecule has 1 heterocycles. The van der Waals surface area contributed by atoms with Crippen LogP contribution in [-0.4, -0.2) is 62.9 Å². The van der Waals surface area contributed by atoms with E-state index in [0.717, 1.165) is 38.5 Å². The van der Waals surface area contributed by atoms with E-state index in [0.29, 0.717) is 24.3 Å². The summed E-state index contributed by atoms with van der Waals surface area (Å²) >= 11 is 0. The highest BCUT2D eigenvalue weighted by atomic mass is 16.5. The molecule has 2 rings (SSSR count). The smallest absolute Gasteiger partial charge is 0.260 e. The van der Waals surface area contributed by atoms with Crippen molar-refractivity contribution in [3.8, 4) is 11.5 Å². The van der Waals surface area contributed by atoms with E-state index >= 15 is 0 Å². The van der Waals surface area contributed by atoms with Crippen LogP contribution in [0.1, 0.15) is 27.2 Å². The molecule has 0 spiro atoms. The number of rotatable bonds is 9. The summed E-state index contributed by atoms with van der Waals surface area (Å²) in [6.07, 6.45) is 0.501. The van der Waals surface area contributed by atoms with Crippen LogP contribution < -0.4 is 14.8 Å². The maximum Gasteiger partial charge on any atom is 0.260 e. The van der Waals surface area contributed by atoms with Gasteiger partial charge in [0.1, 0.15) is 11.5 Å². The molecule has 1 aromatic rings. The van der Waals surface area contributed by atoms with Crippen molar-refractivity contribution in [2.45, 2.75) is 39.3 Å². The monoisotopic (exact) mass is 364 g/mol. The van der Waals surface area contributed by atoms with Crippen molar-refractivity contribution < 1.29 is 19.0 Å². The van der Waals surface area contributed by atoms with Crippen LogP contribution >= 0.6 is 0 Å². The first-order valence-electron chi connectivity index (χ1n) is 9.39. The van der Waals surface area contributed by atoms with Gasteiger partial charge in [0.05, 0.1) is 20.3 Å². The summed E-state index contributed by atoms with van der Waals surface area (Å²) < 4.78 is 16.3. The number of hydrogen-bond acceptors (Lipinski definition) is 5. The van der Waals surface area contributed by atoms with Gasteiger partial charge in [0.15, 0.2) is 6.10 Å². The highest BCUT2D eigenvalue weighted by Crippen LogP contribution is 2.18. The van der Waals surface area contributed by atoms with Crippen LogP contribution in [0, 0.1) is 5.92 Å². The number of benzene rings is 1. The van der Waals surface area contributed by atoms with Gasteiger partial charge < -0.3 is 19.5 Å². The van der Waals surface area contributed by atoms with Crippen LogP contribution in [0.3, 0.4) is 0 Å². The number of carbonyl (C=O) groups excluding carboxylic acids is 1. The average molecular weight is 364 g/mol. The molecule has 1 saturated heterocycles. The van der Waals surface area contributed by atoms with Crippen molar-refractivity contribution in [3.63, 3.8) is 0 Å². The molecule has 1 aliphatic rings. The van der Waals surface area contributed by atoms with Crippen molar-refractivity contribution in [1.82, 2.24) is 10.2 Å². The van der Waals surface area contributed by atoms with Gasteiger partial charge in [-0.05, 0) is 43.5 Å². The van der Waals surface area contributed by atoms with Gasteiger partial charge >= 0.3 is 0 Å². The van der Waals surface area contributed by atoms with E-state index in [1.807, 2.05) is 12.1 Å². The van der Waals surface area contributed by atoms with Gasteiger partial charge in [-0.25, -0.2) is 0 Å². The Balaban J connectivity index is 1.84. The second kappa shape index (κ2) is 10.4. The molecule has 0 radical (unpaired) electrons. The first-order valence-corrected chi connectivity index (χ1v) is 9.39. The lowest BCUT2D eigenvalue weighted by Crippen LogP contribution is -2.50. The number of nitrogens with zero attached hydrogens (tertiary/aromatic N) is 1. The van der Waals surface area contributed by atoms with Crippen LogP contribution in [0.15, 0.2) is 24.3 Å². The Morgan fingerprint density at radius 3 is 2.35 bits per heavy atom. The highest BCUT2D eigenvalue weighted by molar-refractivity contribution is 5.80. The fourth-order valence-electron chi connectivity index (χ4n) is 3.12. The Morgan fingerprint density at radius 2 is 1.77 bits per heavy atom. The fraction of sp³-hybridized carbons (Fsp3) is 0.650. The Bertz CT molecular complexity index is 541. The van der Waals surface area contributed by atoms with Crippen molar-refractivity contribution in [2.24, 2.45) is 5.92 Å². The Kier molecular flexibility index (Phi) is 8.19. The number of amides is 1. The zero-order valence-corrected chi connectivity index (χ0v) is 16.4. The van der Waals surface area contributed by atoms with E-state index in [4.69, 9.17) is 14.2 Å². The van der Waals surface area contributed by atoms with Gasteiger partial charge in [-0.1, -0.05) is 13.8 Å². The first-order chi connectivity index (χ1) is 12.5. The summed E-state index contributed by atoms with van der Waals surface area (Å²) in [6.45, 7) is 10.2. The second-order valence-electron chi connectivity index (χ2n) is 7.11. The van der Waals surface area contributed by atoms with E-state index in [9.17, 15) is 4.79 Å². The highest BCUT2D eigenvalue weighted by Gasteiger charge is 2.23. The standard InChI is InChI=1S/C20H32N2O4/c1-15(2)13-17(22-9-11-25-12-10-22)14-21-20(23)16(3)26-19-7-5-18(24-4)6-8-19/h5-8,15-17H,9-14H2,1-4H3,(H,21,23). The van der Waals surface area contributed by atoms with Crippen LogP contribution in [0.4, 0.5) is 0 Å². The predicted molar refractivity (Wildman–Crippen MR) is 102 cm³/mol. The maximum absolute atomic E-state index is 12.4. The topological polar surface area (TPSA) is 60.0 Å². The van der Waals surface area contributed by atoms with Crippen molar-refractivity contribution in [2.75, 3.05) is 40.0 Å². The van der Waals surface area contributed by atoms with Gasteiger partial charge in [-0.15, -0.1) is 0 Å². The summed E-state index contributed by atoms with van der Waals surface area (Å²) in [4.78, 5) is 14.9. The number of ether oxygens (including phenoxy) is 3. The molecule has 1 aliphatic heterocycles. The quantitative estimate of drug-likeness (QED) is 0.729. The number of methoxy groups -OCH3 is 1. The maximum atomic E-state index is 12.4. The van der Waals surface area contributed by atoms with E-state index in [-0.39, 0.29) is 5.91 Å². The lowest BCUT2D eigenvalue weighted by atomic mass is 10.0. The minimum Gasteiger partial charge on any atom is -0.497 e. The zero-order chi connectivity index (χ0) is 18.9. The van der Waals surface area contributed by atoms with E-state index in [2.05, 4.69) is 24.1 Å². The van der Waals surface area contributed by atoms with Crippen LogP contribution in [0.2, 0.25) is 0 Å². The third-order valence-corrected chi connectivity index (χ3v) is 4.56. The normalized spacial score (nSPS) is 17.6. The molecule has 1 fully saturated rings. The van der Waals surface area contributed by atoms with Crippen LogP contribution in [0.5, 0.6) is 11.5 Å². The van der Waals surface area contributed by atoms with Crippen molar-refractivity contribution in [1.29, 1.82) is 0 Å². The third-order valence-electron chi connectivity index (χ3n) is 4.56. The Morgan fingerprint density at radius 1 is 1.15 bits per heavy atom. The molecule has 26 heavy (non-hydrogen) atoms. The van der Waals surface area contributed by atoms with Gasteiger partial charge in [0.2, 0.25) is 0 Å². The summed E-state index contributed by atoms with van der Waals surface area (Å²) in [5, 5.41) is 3.06. The van der Waals surface area contributed by atoms with E-state index < -0.39 is 6.10 Å². The minimum absolute atomic E-state index is 0.0946. The molecule has 0 aliphatic carbocycles. The van der Waals surface area contributed by atoms with Gasteiger partial charge in [-0.3, -0.25) is 9.69 Å². The molecule has 0 aromatic heterocycles. The zero-order valence-electron chi connectivity index (χ0n) is 16.4. The average Bonchev–Trinajstić information content (AvgIpc) is 2.65. The largest absolute Gasteiger partial charge is 0.497 e. The first kappa shape index (κ1) is 20.5.